The largest absolute Gasteiger partial charge is 0.392 e. The summed E-state index contributed by atoms with van der Waals surface area (Å²) in [6, 6.07) is 16.3. The Kier molecular flexibility index (Phi) is 4.53. The molecule has 3 aromatic rings. The fourth-order valence-electron chi connectivity index (χ4n) is 2.60. The number of aromatic nitrogens is 3. The second-order valence-electron chi connectivity index (χ2n) is 6.01. The predicted octanol–water partition coefficient (Wildman–Crippen LogP) is 3.61. The van der Waals surface area contributed by atoms with Crippen molar-refractivity contribution in [1.82, 2.24) is 15.0 Å². The van der Waals surface area contributed by atoms with Crippen LogP contribution in [0.3, 0.4) is 0 Å². The van der Waals surface area contributed by atoms with Gasteiger partial charge in [-0.05, 0) is 22.6 Å². The molecule has 0 saturated carbocycles. The Morgan fingerprint density at radius 1 is 1.04 bits per heavy atom. The van der Waals surface area contributed by atoms with Crippen LogP contribution in [0.25, 0.3) is 11.3 Å². The molecule has 0 aliphatic heterocycles. The quantitative estimate of drug-likeness (QED) is 0.783. The van der Waals surface area contributed by atoms with Crippen LogP contribution in [0, 0.1) is 0 Å². The first-order chi connectivity index (χ1) is 11.2. The molecule has 4 heteroatoms. The maximum absolute atomic E-state index is 9.44. The van der Waals surface area contributed by atoms with Crippen molar-refractivity contribution >= 4 is 0 Å². The van der Waals surface area contributed by atoms with Crippen LogP contribution in [-0.2, 0) is 13.2 Å². The minimum atomic E-state index is -0.000300. The van der Waals surface area contributed by atoms with E-state index >= 15 is 0 Å². The molecule has 0 amide bonds. The van der Waals surface area contributed by atoms with Crippen LogP contribution in [0.2, 0.25) is 0 Å². The van der Waals surface area contributed by atoms with Gasteiger partial charge in [0.1, 0.15) is 5.69 Å². The second kappa shape index (κ2) is 6.75. The molecular formula is C19H21N3O. The monoisotopic (exact) mass is 307 g/mol. The molecule has 0 aliphatic rings. The Bertz CT molecular complexity index is 775. The molecule has 0 atom stereocenters. The molecular weight excluding hydrogens is 286 g/mol. The fourth-order valence-corrected chi connectivity index (χ4v) is 2.60. The highest BCUT2D eigenvalue weighted by molar-refractivity contribution is 5.62. The van der Waals surface area contributed by atoms with E-state index in [0.29, 0.717) is 12.5 Å². The van der Waals surface area contributed by atoms with Crippen LogP contribution in [-0.4, -0.2) is 20.1 Å². The molecule has 0 spiro atoms. The number of aliphatic hydroxyl groups excluding tert-OH is 1. The lowest BCUT2D eigenvalue weighted by Gasteiger charge is -2.06. The molecule has 1 N–H and O–H groups in total. The normalized spacial score (nSPS) is 11.1. The molecule has 2 aromatic carbocycles. The van der Waals surface area contributed by atoms with Crippen molar-refractivity contribution in [3.63, 3.8) is 0 Å². The second-order valence-corrected chi connectivity index (χ2v) is 6.01. The third-order valence-corrected chi connectivity index (χ3v) is 3.99. The Hall–Kier alpha value is -2.46. The van der Waals surface area contributed by atoms with Gasteiger partial charge in [-0.1, -0.05) is 67.6 Å². The third kappa shape index (κ3) is 3.48. The van der Waals surface area contributed by atoms with Crippen molar-refractivity contribution in [3.05, 3.63) is 71.4 Å². The van der Waals surface area contributed by atoms with Crippen LogP contribution in [0.4, 0.5) is 0 Å². The molecule has 0 bridgehead atoms. The molecule has 118 valence electrons. The highest BCUT2D eigenvalue weighted by atomic mass is 16.3. The molecule has 0 unspecified atom stereocenters. The first-order valence-corrected chi connectivity index (χ1v) is 7.85. The lowest BCUT2D eigenvalue weighted by Crippen LogP contribution is -2.00. The van der Waals surface area contributed by atoms with Crippen molar-refractivity contribution in [3.8, 4) is 11.3 Å². The summed E-state index contributed by atoms with van der Waals surface area (Å²) in [7, 11) is 0. The Balaban J connectivity index is 1.79. The Labute approximate surface area is 136 Å². The molecule has 0 radical (unpaired) electrons. The molecule has 0 aliphatic carbocycles. The van der Waals surface area contributed by atoms with Crippen LogP contribution >= 0.6 is 0 Å². The van der Waals surface area contributed by atoms with Crippen LogP contribution < -0.4 is 0 Å². The summed E-state index contributed by atoms with van der Waals surface area (Å²) < 4.78 is 1.83. The van der Waals surface area contributed by atoms with Gasteiger partial charge in [0.2, 0.25) is 0 Å². The smallest absolute Gasteiger partial charge is 0.113 e. The molecule has 3 rings (SSSR count). The van der Waals surface area contributed by atoms with Crippen molar-refractivity contribution in [1.29, 1.82) is 0 Å². The van der Waals surface area contributed by atoms with Gasteiger partial charge in [0, 0.05) is 5.56 Å². The molecule has 4 nitrogen and oxygen atoms in total. The average Bonchev–Trinajstić information content (AvgIpc) is 3.03. The van der Waals surface area contributed by atoms with Crippen LogP contribution in [0.1, 0.15) is 36.5 Å². The van der Waals surface area contributed by atoms with E-state index in [2.05, 4.69) is 48.4 Å². The summed E-state index contributed by atoms with van der Waals surface area (Å²) in [6.45, 7) is 5.07. The molecule has 1 heterocycles. The van der Waals surface area contributed by atoms with Crippen molar-refractivity contribution in [2.75, 3.05) is 0 Å². The maximum atomic E-state index is 9.44. The SMILES string of the molecule is CC(C)c1ccc(Cn2cc(-c3ccccc3CO)nn2)cc1. The van der Waals surface area contributed by atoms with Gasteiger partial charge in [0.15, 0.2) is 0 Å². The average molecular weight is 307 g/mol. The number of hydrogen-bond acceptors (Lipinski definition) is 3. The zero-order valence-corrected chi connectivity index (χ0v) is 13.5. The van der Waals surface area contributed by atoms with E-state index in [1.807, 2.05) is 35.1 Å². The number of benzene rings is 2. The van der Waals surface area contributed by atoms with Crippen LogP contribution in [0.5, 0.6) is 0 Å². The zero-order chi connectivity index (χ0) is 16.2. The lowest BCUT2D eigenvalue weighted by atomic mass is 10.0. The molecule has 0 saturated heterocycles. The Morgan fingerprint density at radius 3 is 2.48 bits per heavy atom. The van der Waals surface area contributed by atoms with Gasteiger partial charge in [0.05, 0.1) is 19.3 Å². The van der Waals surface area contributed by atoms with Gasteiger partial charge < -0.3 is 5.11 Å². The first kappa shape index (κ1) is 15.4. The van der Waals surface area contributed by atoms with Gasteiger partial charge in [-0.25, -0.2) is 4.68 Å². The van der Waals surface area contributed by atoms with E-state index < -0.39 is 0 Å². The maximum Gasteiger partial charge on any atom is 0.113 e. The number of aliphatic hydroxyl groups is 1. The molecule has 0 fully saturated rings. The van der Waals surface area contributed by atoms with Gasteiger partial charge >= 0.3 is 0 Å². The van der Waals surface area contributed by atoms with E-state index in [-0.39, 0.29) is 6.61 Å². The highest BCUT2D eigenvalue weighted by Crippen LogP contribution is 2.21. The highest BCUT2D eigenvalue weighted by Gasteiger charge is 2.08. The van der Waals surface area contributed by atoms with Gasteiger partial charge in [-0.2, -0.15) is 0 Å². The fraction of sp³-hybridized carbons (Fsp3) is 0.263. The lowest BCUT2D eigenvalue weighted by molar-refractivity contribution is 0.282. The first-order valence-electron chi connectivity index (χ1n) is 7.85. The van der Waals surface area contributed by atoms with Gasteiger partial charge in [0.25, 0.3) is 0 Å². The van der Waals surface area contributed by atoms with Crippen LogP contribution in [0.15, 0.2) is 54.7 Å². The van der Waals surface area contributed by atoms with E-state index in [4.69, 9.17) is 0 Å². The topological polar surface area (TPSA) is 50.9 Å². The summed E-state index contributed by atoms with van der Waals surface area (Å²) in [6.07, 6.45) is 1.92. The summed E-state index contributed by atoms with van der Waals surface area (Å²) in [4.78, 5) is 0. The standard InChI is InChI=1S/C19H21N3O/c1-14(2)16-9-7-15(8-10-16)11-22-12-19(20-21-22)18-6-4-3-5-17(18)13-23/h3-10,12,14,23H,11,13H2,1-2H3. The van der Waals surface area contributed by atoms with Crippen molar-refractivity contribution in [2.24, 2.45) is 0 Å². The zero-order valence-electron chi connectivity index (χ0n) is 13.5. The van der Waals surface area contributed by atoms with E-state index in [1.54, 1.807) is 0 Å². The van der Waals surface area contributed by atoms with Crippen molar-refractivity contribution < 1.29 is 5.11 Å². The van der Waals surface area contributed by atoms with Crippen molar-refractivity contribution in [2.45, 2.75) is 32.9 Å². The molecule has 23 heavy (non-hydrogen) atoms. The summed E-state index contributed by atoms with van der Waals surface area (Å²) in [5.41, 5.74) is 5.11. The van der Waals surface area contributed by atoms with E-state index in [1.165, 1.54) is 11.1 Å². The summed E-state index contributed by atoms with van der Waals surface area (Å²) in [5, 5.41) is 17.9. The minimum absolute atomic E-state index is 0.000300. The van der Waals surface area contributed by atoms with E-state index in [0.717, 1.165) is 16.8 Å². The number of nitrogens with zero attached hydrogens (tertiary/aromatic N) is 3. The summed E-state index contributed by atoms with van der Waals surface area (Å²) in [5.74, 6) is 0.539. The van der Waals surface area contributed by atoms with Gasteiger partial charge in [-0.15, -0.1) is 5.10 Å². The third-order valence-electron chi connectivity index (χ3n) is 3.99. The molecule has 1 aromatic heterocycles. The number of rotatable bonds is 5. The predicted molar refractivity (Wildman–Crippen MR) is 91.0 cm³/mol. The Morgan fingerprint density at radius 2 is 1.78 bits per heavy atom. The minimum Gasteiger partial charge on any atom is -0.392 e. The number of hydrogen-bond donors (Lipinski definition) is 1. The van der Waals surface area contributed by atoms with Gasteiger partial charge in [-0.3, -0.25) is 0 Å². The summed E-state index contributed by atoms with van der Waals surface area (Å²) >= 11 is 0. The van der Waals surface area contributed by atoms with E-state index in [9.17, 15) is 5.11 Å².